The Morgan fingerprint density at radius 3 is 2.42 bits per heavy atom. The average molecular weight is 527 g/mol. The average Bonchev–Trinajstić information content (AvgIpc) is 3.36. The highest BCUT2D eigenvalue weighted by atomic mass is 35.5. The van der Waals surface area contributed by atoms with E-state index in [-0.39, 0.29) is 15.6 Å². The number of esters is 1. The number of thiazole rings is 1. The maximum Gasteiger partial charge on any atom is 0.350 e. The van der Waals surface area contributed by atoms with Gasteiger partial charge < -0.3 is 9.47 Å². The van der Waals surface area contributed by atoms with E-state index in [4.69, 9.17) is 21.1 Å². The molecule has 2 heterocycles. The summed E-state index contributed by atoms with van der Waals surface area (Å²) in [5, 5.41) is 0.591. The van der Waals surface area contributed by atoms with E-state index in [2.05, 4.69) is 4.98 Å². The highest BCUT2D eigenvalue weighted by Crippen LogP contribution is 2.43. The van der Waals surface area contributed by atoms with Gasteiger partial charge in [-0.15, -0.1) is 0 Å². The molecule has 1 aliphatic rings. The molecular formula is C26H23ClN2O6S. The predicted molar refractivity (Wildman–Crippen MR) is 135 cm³/mol. The molecule has 2 atom stereocenters. The quantitative estimate of drug-likeness (QED) is 0.189. The van der Waals surface area contributed by atoms with Crippen molar-refractivity contribution in [2.45, 2.75) is 26.8 Å². The van der Waals surface area contributed by atoms with Crippen molar-refractivity contribution in [3.63, 3.8) is 0 Å². The Morgan fingerprint density at radius 1 is 1.11 bits per heavy atom. The number of amides is 1. The Bertz CT molecular complexity index is 1370. The summed E-state index contributed by atoms with van der Waals surface area (Å²) in [6, 6.07) is 10.5. The first-order chi connectivity index (χ1) is 17.2. The van der Waals surface area contributed by atoms with E-state index in [1.165, 1.54) is 12.0 Å². The number of rotatable bonds is 7. The van der Waals surface area contributed by atoms with Gasteiger partial charge in [-0.1, -0.05) is 35.1 Å². The molecule has 1 amide bonds. The summed E-state index contributed by atoms with van der Waals surface area (Å²) >= 11 is 7.00. The summed E-state index contributed by atoms with van der Waals surface area (Å²) in [5.74, 6) is -3.51. The van der Waals surface area contributed by atoms with Crippen molar-refractivity contribution in [2.24, 2.45) is 5.92 Å². The van der Waals surface area contributed by atoms with Gasteiger partial charge in [0.25, 0.3) is 5.91 Å². The summed E-state index contributed by atoms with van der Waals surface area (Å²) < 4.78 is 10.4. The fraction of sp³-hybridized carbons (Fsp3) is 0.269. The van der Waals surface area contributed by atoms with E-state index in [1.807, 2.05) is 6.92 Å². The fourth-order valence-electron chi connectivity index (χ4n) is 4.21. The number of ether oxygens (including phenoxy) is 2. The number of aromatic nitrogens is 1. The lowest BCUT2D eigenvalue weighted by atomic mass is 9.86. The van der Waals surface area contributed by atoms with Gasteiger partial charge in [-0.25, -0.2) is 9.78 Å². The standard InChI is InChI=1S/C26H23ClN2O6S/c1-5-35-18-11-8-16(12-13(18)2)21(30)19-20(15-6-9-17(27)10-7-15)29(24(32)22(19)31)26-28-14(3)23(36-26)25(33)34-4/h6-12,19-20H,5H2,1-4H3. The molecule has 2 aromatic carbocycles. The molecule has 4 rings (SSSR count). The number of methoxy groups -OCH3 is 1. The number of Topliss-reactive ketones (excluding diaryl/α,β-unsaturated/α-hetero) is 2. The van der Waals surface area contributed by atoms with Gasteiger partial charge in [0.1, 0.15) is 16.5 Å². The SMILES string of the molecule is CCOc1ccc(C(=O)C2C(=O)C(=O)N(c3nc(C)c(C(=O)OC)s3)C2c2ccc(Cl)cc2)cc1C. The maximum atomic E-state index is 13.7. The molecule has 0 bridgehead atoms. The van der Waals surface area contributed by atoms with Crippen LogP contribution < -0.4 is 9.64 Å². The first-order valence-electron chi connectivity index (χ1n) is 11.1. The number of nitrogens with zero attached hydrogens (tertiary/aromatic N) is 2. The van der Waals surface area contributed by atoms with Crippen LogP contribution in [0.4, 0.5) is 5.13 Å². The van der Waals surface area contributed by atoms with Gasteiger partial charge in [-0.2, -0.15) is 0 Å². The predicted octanol–water partition coefficient (Wildman–Crippen LogP) is 4.75. The zero-order chi connectivity index (χ0) is 26.1. The van der Waals surface area contributed by atoms with E-state index in [0.717, 1.165) is 16.9 Å². The van der Waals surface area contributed by atoms with Crippen LogP contribution in [0, 0.1) is 19.8 Å². The van der Waals surface area contributed by atoms with Crippen molar-refractivity contribution in [3.05, 3.63) is 74.7 Å². The van der Waals surface area contributed by atoms with Gasteiger partial charge in [0, 0.05) is 10.6 Å². The molecule has 3 aromatic rings. The second kappa shape index (κ2) is 10.2. The second-order valence-electron chi connectivity index (χ2n) is 8.19. The lowest BCUT2D eigenvalue weighted by molar-refractivity contribution is -0.135. The number of ketones is 2. The number of aryl methyl sites for hydroxylation is 2. The van der Waals surface area contributed by atoms with Gasteiger partial charge in [0.2, 0.25) is 5.78 Å². The van der Waals surface area contributed by atoms with Gasteiger partial charge >= 0.3 is 5.97 Å². The molecule has 0 spiro atoms. The molecular weight excluding hydrogens is 504 g/mol. The minimum absolute atomic E-state index is 0.129. The highest BCUT2D eigenvalue weighted by Gasteiger charge is 2.53. The smallest absolute Gasteiger partial charge is 0.350 e. The molecule has 0 radical (unpaired) electrons. The number of carbonyl (C=O) groups is 4. The third kappa shape index (κ3) is 4.52. The van der Waals surface area contributed by atoms with E-state index in [1.54, 1.807) is 56.3 Å². The Morgan fingerprint density at radius 2 is 1.81 bits per heavy atom. The van der Waals surface area contributed by atoms with Gasteiger partial charge in [-0.3, -0.25) is 19.3 Å². The zero-order valence-corrected chi connectivity index (χ0v) is 21.6. The molecule has 0 saturated carbocycles. The monoisotopic (exact) mass is 526 g/mol. The number of hydrogen-bond donors (Lipinski definition) is 0. The van der Waals surface area contributed by atoms with Crippen LogP contribution in [0.15, 0.2) is 42.5 Å². The van der Waals surface area contributed by atoms with Crippen molar-refractivity contribution < 1.29 is 28.7 Å². The summed E-state index contributed by atoms with van der Waals surface area (Å²) in [5.41, 5.74) is 1.91. The summed E-state index contributed by atoms with van der Waals surface area (Å²) in [6.45, 7) is 5.74. The van der Waals surface area contributed by atoms with Gasteiger partial charge in [0.15, 0.2) is 10.9 Å². The van der Waals surface area contributed by atoms with Crippen LogP contribution in [-0.4, -0.2) is 42.1 Å². The van der Waals surface area contributed by atoms with Crippen LogP contribution in [0.25, 0.3) is 0 Å². The largest absolute Gasteiger partial charge is 0.494 e. The number of anilines is 1. The third-order valence-corrected chi connectivity index (χ3v) is 7.31. The topological polar surface area (TPSA) is 103 Å². The maximum absolute atomic E-state index is 13.7. The second-order valence-corrected chi connectivity index (χ2v) is 9.61. The van der Waals surface area contributed by atoms with E-state index >= 15 is 0 Å². The number of carbonyl (C=O) groups excluding carboxylic acids is 4. The van der Waals surface area contributed by atoms with Crippen molar-refractivity contribution in [1.82, 2.24) is 4.98 Å². The molecule has 1 aliphatic heterocycles. The molecule has 2 unspecified atom stereocenters. The van der Waals surface area contributed by atoms with Crippen LogP contribution in [0.3, 0.4) is 0 Å². The van der Waals surface area contributed by atoms with E-state index in [9.17, 15) is 19.2 Å². The summed E-state index contributed by atoms with van der Waals surface area (Å²) in [4.78, 5) is 58.3. The molecule has 1 fully saturated rings. The highest BCUT2D eigenvalue weighted by molar-refractivity contribution is 7.17. The molecule has 0 N–H and O–H groups in total. The number of halogens is 1. The normalized spacial score (nSPS) is 17.4. The molecule has 186 valence electrons. The lowest BCUT2D eigenvalue weighted by Crippen LogP contribution is -2.30. The molecule has 0 aliphatic carbocycles. The van der Waals surface area contributed by atoms with Crippen LogP contribution in [0.1, 0.15) is 49.8 Å². The third-order valence-electron chi connectivity index (χ3n) is 5.92. The summed E-state index contributed by atoms with van der Waals surface area (Å²) in [6.07, 6.45) is 0. The fourth-order valence-corrected chi connectivity index (χ4v) is 5.35. The van der Waals surface area contributed by atoms with Crippen LogP contribution in [0.5, 0.6) is 5.75 Å². The Kier molecular flexibility index (Phi) is 7.23. The zero-order valence-electron chi connectivity index (χ0n) is 20.0. The number of hydrogen-bond acceptors (Lipinski definition) is 8. The first-order valence-corrected chi connectivity index (χ1v) is 12.3. The van der Waals surface area contributed by atoms with Gasteiger partial charge in [-0.05, 0) is 62.2 Å². The van der Waals surface area contributed by atoms with Crippen LogP contribution in [-0.2, 0) is 14.3 Å². The van der Waals surface area contributed by atoms with Gasteiger partial charge in [0.05, 0.1) is 25.5 Å². The minimum Gasteiger partial charge on any atom is -0.494 e. The van der Waals surface area contributed by atoms with Crippen molar-refractivity contribution in [3.8, 4) is 5.75 Å². The van der Waals surface area contributed by atoms with E-state index in [0.29, 0.717) is 28.6 Å². The molecule has 8 nitrogen and oxygen atoms in total. The summed E-state index contributed by atoms with van der Waals surface area (Å²) in [7, 11) is 1.25. The Labute approximate surface area is 216 Å². The molecule has 10 heteroatoms. The van der Waals surface area contributed by atoms with Crippen molar-refractivity contribution >= 4 is 51.5 Å². The van der Waals surface area contributed by atoms with Crippen molar-refractivity contribution in [1.29, 1.82) is 0 Å². The Hall–Kier alpha value is -3.56. The first kappa shape index (κ1) is 25.5. The molecule has 36 heavy (non-hydrogen) atoms. The lowest BCUT2D eigenvalue weighted by Gasteiger charge is -2.25. The molecule has 1 aromatic heterocycles. The number of benzene rings is 2. The van der Waals surface area contributed by atoms with Crippen molar-refractivity contribution in [2.75, 3.05) is 18.6 Å². The Balaban J connectivity index is 1.83. The molecule has 1 saturated heterocycles. The van der Waals surface area contributed by atoms with E-state index < -0.39 is 35.4 Å². The van der Waals surface area contributed by atoms with Crippen LogP contribution >= 0.6 is 22.9 Å². The van der Waals surface area contributed by atoms with Crippen LogP contribution in [0.2, 0.25) is 5.02 Å². The minimum atomic E-state index is -1.32.